The van der Waals surface area contributed by atoms with Gasteiger partial charge in [-0.25, -0.2) is 0 Å². The Balaban J connectivity index is 3.46. The Bertz CT molecular complexity index is 130. The second-order valence-electron chi connectivity index (χ2n) is 2.12. The van der Waals surface area contributed by atoms with Crippen LogP contribution in [0.2, 0.25) is 0 Å². The average molecular weight is 218 g/mol. The zero-order valence-electron chi connectivity index (χ0n) is 6.26. The van der Waals surface area contributed by atoms with Crippen molar-refractivity contribution in [2.45, 2.75) is 23.6 Å². The predicted octanol–water partition coefficient (Wildman–Crippen LogP) is 2.72. The Labute approximate surface area is 81.7 Å². The lowest BCUT2D eigenvalue weighted by atomic mass is 10.3. The summed E-state index contributed by atoms with van der Waals surface area (Å²) >= 11 is 16.5. The van der Waals surface area contributed by atoms with Crippen molar-refractivity contribution in [1.29, 1.82) is 5.41 Å². The first kappa shape index (κ1) is 11.3. The molecule has 0 atom stereocenters. The molecule has 0 fully saturated rings. The van der Waals surface area contributed by atoms with Crippen LogP contribution in [-0.2, 0) is 0 Å². The summed E-state index contributed by atoms with van der Waals surface area (Å²) in [6.07, 6.45) is 0.855. The highest BCUT2D eigenvalue weighted by Gasteiger charge is 2.19. The number of nitrogens with one attached hydrogen (secondary N) is 2. The van der Waals surface area contributed by atoms with Crippen LogP contribution in [0.5, 0.6) is 0 Å². The van der Waals surface area contributed by atoms with Gasteiger partial charge in [-0.2, -0.15) is 0 Å². The lowest BCUT2D eigenvalue weighted by molar-refractivity contribution is 0.842. The lowest BCUT2D eigenvalue weighted by Crippen LogP contribution is -2.23. The number of amidine groups is 1. The van der Waals surface area contributed by atoms with E-state index in [2.05, 4.69) is 5.32 Å². The summed E-state index contributed by atoms with van der Waals surface area (Å²) in [5.74, 6) is 0.416. The summed E-state index contributed by atoms with van der Waals surface area (Å²) < 4.78 is -1.23. The van der Waals surface area contributed by atoms with Crippen LogP contribution < -0.4 is 5.32 Å². The van der Waals surface area contributed by atoms with Crippen molar-refractivity contribution in [1.82, 2.24) is 5.32 Å². The van der Waals surface area contributed by atoms with E-state index in [4.69, 9.17) is 40.2 Å². The van der Waals surface area contributed by atoms with E-state index in [0.29, 0.717) is 18.7 Å². The van der Waals surface area contributed by atoms with Gasteiger partial charge in [-0.15, -0.1) is 0 Å². The smallest absolute Gasteiger partial charge is 0.191 e. The molecule has 0 spiro atoms. The Kier molecular flexibility index (Phi) is 5.23. The average Bonchev–Trinajstić information content (AvgIpc) is 1.83. The summed E-state index contributed by atoms with van der Waals surface area (Å²) in [6.45, 7) is 2.66. The summed E-state index contributed by atoms with van der Waals surface area (Å²) in [5.41, 5.74) is 0. The molecule has 0 aliphatic carbocycles. The van der Waals surface area contributed by atoms with Crippen LogP contribution in [0.15, 0.2) is 0 Å². The molecule has 0 radical (unpaired) electrons. The van der Waals surface area contributed by atoms with E-state index in [0.717, 1.165) is 6.54 Å². The highest BCUT2D eigenvalue weighted by Crippen LogP contribution is 2.30. The topological polar surface area (TPSA) is 35.9 Å². The first-order valence-electron chi connectivity index (χ1n) is 3.33. The van der Waals surface area contributed by atoms with Gasteiger partial charge in [0.2, 0.25) is 0 Å². The van der Waals surface area contributed by atoms with E-state index in [1.54, 1.807) is 0 Å². The Morgan fingerprint density at radius 1 is 1.45 bits per heavy atom. The molecule has 0 aromatic heterocycles. The summed E-state index contributed by atoms with van der Waals surface area (Å²) in [5, 5.41) is 10.1. The Morgan fingerprint density at radius 3 is 2.36 bits per heavy atom. The molecule has 0 saturated heterocycles. The minimum Gasteiger partial charge on any atom is -0.374 e. The van der Waals surface area contributed by atoms with Crippen LogP contribution in [0.3, 0.4) is 0 Å². The quantitative estimate of drug-likeness (QED) is 0.426. The highest BCUT2D eigenvalue weighted by atomic mass is 35.6. The maximum atomic E-state index is 7.28. The Morgan fingerprint density at radius 2 is 2.00 bits per heavy atom. The van der Waals surface area contributed by atoms with Crippen molar-refractivity contribution in [3.05, 3.63) is 0 Å². The van der Waals surface area contributed by atoms with Crippen LogP contribution in [0.25, 0.3) is 0 Å². The van der Waals surface area contributed by atoms with Gasteiger partial charge in [0.05, 0.1) is 5.84 Å². The maximum absolute atomic E-state index is 7.28. The van der Waals surface area contributed by atoms with Crippen LogP contribution in [0, 0.1) is 5.41 Å². The molecule has 0 saturated carbocycles. The molecule has 11 heavy (non-hydrogen) atoms. The van der Waals surface area contributed by atoms with Crippen molar-refractivity contribution in [3.63, 3.8) is 0 Å². The lowest BCUT2D eigenvalue weighted by Gasteiger charge is -2.10. The van der Waals surface area contributed by atoms with Crippen molar-refractivity contribution < 1.29 is 0 Å². The van der Waals surface area contributed by atoms with Gasteiger partial charge in [-0.05, 0) is 6.92 Å². The third kappa shape index (κ3) is 8.24. The molecule has 5 heteroatoms. The zero-order chi connectivity index (χ0) is 8.91. The van der Waals surface area contributed by atoms with Crippen LogP contribution in [0.4, 0.5) is 0 Å². The van der Waals surface area contributed by atoms with E-state index in [1.165, 1.54) is 0 Å². The van der Waals surface area contributed by atoms with E-state index < -0.39 is 3.79 Å². The van der Waals surface area contributed by atoms with E-state index in [9.17, 15) is 0 Å². The van der Waals surface area contributed by atoms with Crippen LogP contribution in [0.1, 0.15) is 19.8 Å². The molecule has 0 rings (SSSR count). The molecule has 66 valence electrons. The SMILES string of the molecule is CCNC(=N)CCC(Cl)(Cl)Cl. The number of rotatable bonds is 3. The maximum Gasteiger partial charge on any atom is 0.191 e. The fourth-order valence-corrected chi connectivity index (χ4v) is 0.852. The van der Waals surface area contributed by atoms with Crippen molar-refractivity contribution in [2.75, 3.05) is 6.54 Å². The molecular weight excluding hydrogens is 206 g/mol. The van der Waals surface area contributed by atoms with Gasteiger partial charge in [0.15, 0.2) is 3.79 Å². The predicted molar refractivity (Wildman–Crippen MR) is 50.9 cm³/mol. The van der Waals surface area contributed by atoms with Crippen molar-refractivity contribution in [2.24, 2.45) is 0 Å². The van der Waals surface area contributed by atoms with Gasteiger partial charge < -0.3 is 5.32 Å². The number of hydrogen-bond acceptors (Lipinski definition) is 1. The number of alkyl halides is 3. The monoisotopic (exact) mass is 216 g/mol. The largest absolute Gasteiger partial charge is 0.374 e. The molecule has 0 aromatic carbocycles. The molecule has 0 aromatic rings. The Hall–Kier alpha value is 0.340. The van der Waals surface area contributed by atoms with Gasteiger partial charge in [-0.1, -0.05) is 34.8 Å². The fraction of sp³-hybridized carbons (Fsp3) is 0.833. The summed E-state index contributed by atoms with van der Waals surface area (Å²) in [7, 11) is 0. The third-order valence-electron chi connectivity index (χ3n) is 1.05. The third-order valence-corrected chi connectivity index (χ3v) is 1.62. The zero-order valence-corrected chi connectivity index (χ0v) is 8.52. The highest BCUT2D eigenvalue weighted by molar-refractivity contribution is 6.67. The molecule has 0 unspecified atom stereocenters. The molecule has 0 heterocycles. The summed E-state index contributed by atoms with van der Waals surface area (Å²) in [4.78, 5) is 0. The molecular formula is C6H11Cl3N2. The van der Waals surface area contributed by atoms with E-state index >= 15 is 0 Å². The van der Waals surface area contributed by atoms with Gasteiger partial charge in [0, 0.05) is 19.4 Å². The van der Waals surface area contributed by atoms with E-state index in [1.807, 2.05) is 6.92 Å². The van der Waals surface area contributed by atoms with Gasteiger partial charge in [-0.3, -0.25) is 5.41 Å². The molecule has 0 aliphatic heterocycles. The molecule has 2 nitrogen and oxygen atoms in total. The van der Waals surface area contributed by atoms with E-state index in [-0.39, 0.29) is 0 Å². The minimum atomic E-state index is -1.23. The van der Waals surface area contributed by atoms with Gasteiger partial charge in [0.1, 0.15) is 0 Å². The first-order valence-corrected chi connectivity index (χ1v) is 4.47. The first-order chi connectivity index (χ1) is 4.95. The van der Waals surface area contributed by atoms with Crippen molar-refractivity contribution >= 4 is 40.6 Å². The minimum absolute atomic E-state index is 0.378. The standard InChI is InChI=1S/C6H11Cl3N2/c1-2-11-5(10)3-4-6(7,8)9/h2-4H2,1H3,(H2,10,11). The fourth-order valence-electron chi connectivity index (χ4n) is 0.569. The van der Waals surface area contributed by atoms with Gasteiger partial charge in [0.25, 0.3) is 0 Å². The second-order valence-corrected chi connectivity index (χ2v) is 4.64. The number of hydrogen-bond donors (Lipinski definition) is 2. The molecule has 2 N–H and O–H groups in total. The molecule has 0 aliphatic rings. The van der Waals surface area contributed by atoms with Crippen molar-refractivity contribution in [3.8, 4) is 0 Å². The number of halogens is 3. The van der Waals surface area contributed by atoms with Crippen LogP contribution >= 0.6 is 34.8 Å². The molecule has 0 amide bonds. The second kappa shape index (κ2) is 5.07. The summed E-state index contributed by atoms with van der Waals surface area (Å²) in [6, 6.07) is 0. The van der Waals surface area contributed by atoms with Crippen LogP contribution in [-0.4, -0.2) is 16.2 Å². The van der Waals surface area contributed by atoms with Gasteiger partial charge >= 0.3 is 0 Å². The normalized spacial score (nSPS) is 11.3. The molecule has 0 bridgehead atoms.